The first-order chi connectivity index (χ1) is 10.1. The Morgan fingerprint density at radius 2 is 2.05 bits per heavy atom. The summed E-state index contributed by atoms with van der Waals surface area (Å²) in [6.07, 6.45) is 0.622. The zero-order valence-corrected chi connectivity index (χ0v) is 13.3. The fourth-order valence-electron chi connectivity index (χ4n) is 2.77. The van der Waals surface area contributed by atoms with E-state index >= 15 is 0 Å². The number of hydrogen-bond acceptors (Lipinski definition) is 3. The predicted molar refractivity (Wildman–Crippen MR) is 84.3 cm³/mol. The standard InChI is InChI=1S/C17H26N2O2/c1-14(2)12-18-8-7-17(20)19(10-9-18)13-15-5-4-6-16(11-15)21-3/h4-6,11,14H,7-10,12-13H2,1-3H3. The van der Waals surface area contributed by atoms with Crippen LogP contribution in [0.4, 0.5) is 0 Å². The van der Waals surface area contributed by atoms with Gasteiger partial charge in [-0.1, -0.05) is 26.0 Å². The van der Waals surface area contributed by atoms with Crippen molar-refractivity contribution in [3.63, 3.8) is 0 Å². The molecule has 0 aliphatic carbocycles. The van der Waals surface area contributed by atoms with Crippen molar-refractivity contribution in [2.75, 3.05) is 33.3 Å². The second-order valence-electron chi connectivity index (χ2n) is 6.11. The van der Waals surface area contributed by atoms with Crippen molar-refractivity contribution in [1.29, 1.82) is 0 Å². The molecule has 2 rings (SSSR count). The largest absolute Gasteiger partial charge is 0.497 e. The SMILES string of the molecule is COc1cccc(CN2CCN(CC(C)C)CCC2=O)c1. The Hall–Kier alpha value is -1.55. The van der Waals surface area contributed by atoms with Crippen LogP contribution in [0.3, 0.4) is 0 Å². The molecule has 0 N–H and O–H groups in total. The summed E-state index contributed by atoms with van der Waals surface area (Å²) in [7, 11) is 1.67. The third kappa shape index (κ3) is 4.74. The van der Waals surface area contributed by atoms with E-state index in [4.69, 9.17) is 4.74 Å². The van der Waals surface area contributed by atoms with Crippen LogP contribution in [0.2, 0.25) is 0 Å². The van der Waals surface area contributed by atoms with Crippen molar-refractivity contribution in [3.05, 3.63) is 29.8 Å². The van der Waals surface area contributed by atoms with Crippen LogP contribution in [0.5, 0.6) is 5.75 Å². The molecule has 0 spiro atoms. The number of benzene rings is 1. The summed E-state index contributed by atoms with van der Waals surface area (Å²) >= 11 is 0. The Bertz CT molecular complexity index is 474. The summed E-state index contributed by atoms with van der Waals surface area (Å²) < 4.78 is 5.24. The topological polar surface area (TPSA) is 32.8 Å². The van der Waals surface area contributed by atoms with Gasteiger partial charge in [-0.15, -0.1) is 0 Å². The molecular formula is C17H26N2O2. The van der Waals surface area contributed by atoms with Crippen LogP contribution >= 0.6 is 0 Å². The molecule has 0 aromatic heterocycles. The lowest BCUT2D eigenvalue weighted by Gasteiger charge is -2.23. The van der Waals surface area contributed by atoms with Gasteiger partial charge in [-0.05, 0) is 23.6 Å². The maximum Gasteiger partial charge on any atom is 0.224 e. The molecule has 1 saturated heterocycles. The zero-order chi connectivity index (χ0) is 15.2. The molecule has 1 aromatic rings. The van der Waals surface area contributed by atoms with E-state index in [1.54, 1.807) is 7.11 Å². The second-order valence-corrected chi connectivity index (χ2v) is 6.11. The van der Waals surface area contributed by atoms with Gasteiger partial charge in [-0.2, -0.15) is 0 Å². The molecular weight excluding hydrogens is 264 g/mol. The fourth-order valence-corrected chi connectivity index (χ4v) is 2.77. The van der Waals surface area contributed by atoms with Crippen LogP contribution < -0.4 is 4.74 Å². The highest BCUT2D eigenvalue weighted by molar-refractivity contribution is 5.76. The number of ether oxygens (including phenoxy) is 1. The quantitative estimate of drug-likeness (QED) is 0.835. The minimum Gasteiger partial charge on any atom is -0.497 e. The molecule has 1 aliphatic heterocycles. The van der Waals surface area contributed by atoms with Gasteiger partial charge in [0.15, 0.2) is 0 Å². The molecule has 0 unspecified atom stereocenters. The van der Waals surface area contributed by atoms with Gasteiger partial charge in [0.1, 0.15) is 5.75 Å². The maximum atomic E-state index is 12.3. The van der Waals surface area contributed by atoms with Gasteiger partial charge < -0.3 is 14.5 Å². The van der Waals surface area contributed by atoms with Crippen molar-refractivity contribution in [1.82, 2.24) is 9.80 Å². The number of hydrogen-bond donors (Lipinski definition) is 0. The molecule has 4 nitrogen and oxygen atoms in total. The molecule has 21 heavy (non-hydrogen) atoms. The summed E-state index contributed by atoms with van der Waals surface area (Å²) in [5.74, 6) is 1.74. The minimum atomic E-state index is 0.254. The van der Waals surface area contributed by atoms with Gasteiger partial charge >= 0.3 is 0 Å². The average molecular weight is 290 g/mol. The molecule has 1 fully saturated rings. The van der Waals surface area contributed by atoms with E-state index in [2.05, 4.69) is 18.7 Å². The first-order valence-corrected chi connectivity index (χ1v) is 7.71. The molecule has 116 valence electrons. The van der Waals surface area contributed by atoms with Gasteiger partial charge in [0.2, 0.25) is 5.91 Å². The minimum absolute atomic E-state index is 0.254. The van der Waals surface area contributed by atoms with E-state index in [-0.39, 0.29) is 5.91 Å². The van der Waals surface area contributed by atoms with E-state index in [0.717, 1.165) is 37.5 Å². The first kappa shape index (κ1) is 15.8. The Balaban J connectivity index is 1.97. The first-order valence-electron chi connectivity index (χ1n) is 7.71. The van der Waals surface area contributed by atoms with Gasteiger partial charge in [0.05, 0.1) is 7.11 Å². The Morgan fingerprint density at radius 1 is 1.24 bits per heavy atom. The van der Waals surface area contributed by atoms with Gasteiger partial charge in [-0.25, -0.2) is 0 Å². The van der Waals surface area contributed by atoms with E-state index in [0.29, 0.717) is 18.9 Å². The predicted octanol–water partition coefficient (Wildman–Crippen LogP) is 2.39. The van der Waals surface area contributed by atoms with E-state index in [1.807, 2.05) is 29.2 Å². The summed E-state index contributed by atoms with van der Waals surface area (Å²) in [5.41, 5.74) is 1.13. The van der Waals surface area contributed by atoms with Crippen LogP contribution in [0.1, 0.15) is 25.8 Å². The smallest absolute Gasteiger partial charge is 0.224 e. The molecule has 1 aromatic carbocycles. The number of amides is 1. The van der Waals surface area contributed by atoms with Crippen molar-refractivity contribution in [3.8, 4) is 5.75 Å². The monoisotopic (exact) mass is 290 g/mol. The lowest BCUT2D eigenvalue weighted by atomic mass is 10.2. The highest BCUT2D eigenvalue weighted by Crippen LogP contribution is 2.16. The third-order valence-corrected chi connectivity index (χ3v) is 3.81. The number of carbonyl (C=O) groups excluding carboxylic acids is 1. The number of rotatable bonds is 5. The third-order valence-electron chi connectivity index (χ3n) is 3.81. The maximum absolute atomic E-state index is 12.3. The molecule has 0 bridgehead atoms. The van der Waals surface area contributed by atoms with E-state index in [9.17, 15) is 4.79 Å². The molecule has 1 amide bonds. The zero-order valence-electron chi connectivity index (χ0n) is 13.3. The van der Waals surface area contributed by atoms with E-state index < -0.39 is 0 Å². The lowest BCUT2D eigenvalue weighted by Crippen LogP contribution is -2.34. The Labute approximate surface area is 127 Å². The van der Waals surface area contributed by atoms with E-state index in [1.165, 1.54) is 0 Å². The Morgan fingerprint density at radius 3 is 2.76 bits per heavy atom. The van der Waals surface area contributed by atoms with Crippen molar-refractivity contribution in [2.45, 2.75) is 26.8 Å². The number of carbonyl (C=O) groups is 1. The molecule has 1 heterocycles. The summed E-state index contributed by atoms with van der Waals surface area (Å²) in [4.78, 5) is 16.6. The summed E-state index contributed by atoms with van der Waals surface area (Å²) in [6, 6.07) is 7.95. The fraction of sp³-hybridized carbons (Fsp3) is 0.588. The second kappa shape index (κ2) is 7.46. The number of nitrogens with zero attached hydrogens (tertiary/aromatic N) is 2. The molecule has 0 atom stereocenters. The highest BCUT2D eigenvalue weighted by atomic mass is 16.5. The molecule has 1 aliphatic rings. The molecule has 0 radical (unpaired) electrons. The van der Waals surface area contributed by atoms with Crippen molar-refractivity contribution < 1.29 is 9.53 Å². The highest BCUT2D eigenvalue weighted by Gasteiger charge is 2.21. The van der Waals surface area contributed by atoms with Crippen molar-refractivity contribution in [2.24, 2.45) is 5.92 Å². The van der Waals surface area contributed by atoms with Crippen molar-refractivity contribution >= 4 is 5.91 Å². The number of methoxy groups -OCH3 is 1. The van der Waals surface area contributed by atoms with Gasteiger partial charge in [-0.3, -0.25) is 4.79 Å². The molecule has 4 heteroatoms. The summed E-state index contributed by atoms with van der Waals surface area (Å²) in [5, 5.41) is 0. The van der Waals surface area contributed by atoms with Crippen LogP contribution in [0, 0.1) is 5.92 Å². The summed E-state index contributed by atoms with van der Waals surface area (Å²) in [6.45, 7) is 8.84. The van der Waals surface area contributed by atoms with Crippen LogP contribution in [0.25, 0.3) is 0 Å². The average Bonchev–Trinajstić information content (AvgIpc) is 2.63. The van der Waals surface area contributed by atoms with Gasteiger partial charge in [0, 0.05) is 39.1 Å². The van der Waals surface area contributed by atoms with Crippen LogP contribution in [-0.4, -0.2) is 49.0 Å². The Kier molecular flexibility index (Phi) is 5.62. The van der Waals surface area contributed by atoms with Gasteiger partial charge in [0.25, 0.3) is 0 Å². The molecule has 0 saturated carbocycles. The van der Waals surface area contributed by atoms with Crippen LogP contribution in [0.15, 0.2) is 24.3 Å². The normalized spacial score (nSPS) is 17.1. The van der Waals surface area contributed by atoms with Crippen LogP contribution in [-0.2, 0) is 11.3 Å². The lowest BCUT2D eigenvalue weighted by molar-refractivity contribution is -0.130.